The number of alkyl halides is 3. The second-order valence-corrected chi connectivity index (χ2v) is 4.55. The minimum Gasteiger partial charge on any atom is -0.338 e. The highest BCUT2D eigenvalue weighted by Crippen LogP contribution is 2.28. The average Bonchev–Trinajstić information content (AvgIpc) is 2.64. The van der Waals surface area contributed by atoms with Gasteiger partial charge in [0.1, 0.15) is 11.9 Å². The van der Waals surface area contributed by atoms with Crippen LogP contribution in [0.25, 0.3) is 0 Å². The van der Waals surface area contributed by atoms with Crippen LogP contribution in [-0.4, -0.2) is 27.8 Å². The fourth-order valence-electron chi connectivity index (χ4n) is 2.25. The molecule has 6 heteroatoms. The molecule has 2 heterocycles. The predicted octanol–water partition coefficient (Wildman–Crippen LogP) is 2.04. The molecule has 17 heavy (non-hydrogen) atoms. The van der Waals surface area contributed by atoms with Crippen LogP contribution in [0.3, 0.4) is 0 Å². The Bertz CT molecular complexity index is 372. The Labute approximate surface area is 98.0 Å². The van der Waals surface area contributed by atoms with Crippen molar-refractivity contribution in [3.05, 3.63) is 18.2 Å². The van der Waals surface area contributed by atoms with Crippen LogP contribution in [0.1, 0.15) is 25.1 Å². The second-order valence-electron chi connectivity index (χ2n) is 4.55. The van der Waals surface area contributed by atoms with E-state index >= 15 is 0 Å². The van der Waals surface area contributed by atoms with Crippen LogP contribution < -0.4 is 5.32 Å². The van der Waals surface area contributed by atoms with Gasteiger partial charge >= 0.3 is 6.18 Å². The zero-order chi connectivity index (χ0) is 12.5. The van der Waals surface area contributed by atoms with Gasteiger partial charge < -0.3 is 9.88 Å². The minimum absolute atomic E-state index is 0.128. The summed E-state index contributed by atoms with van der Waals surface area (Å²) in [5.74, 6) is 0.824. The maximum atomic E-state index is 12.6. The zero-order valence-corrected chi connectivity index (χ0v) is 9.67. The van der Waals surface area contributed by atoms with Crippen LogP contribution in [0.4, 0.5) is 13.2 Å². The molecule has 1 aromatic heterocycles. The summed E-state index contributed by atoms with van der Waals surface area (Å²) in [6, 6.07) is -1.49. The molecule has 2 unspecified atom stereocenters. The Balaban J connectivity index is 1.96. The first-order chi connectivity index (χ1) is 7.97. The molecule has 1 fully saturated rings. The van der Waals surface area contributed by atoms with Crippen molar-refractivity contribution >= 4 is 0 Å². The molecule has 96 valence electrons. The maximum absolute atomic E-state index is 12.6. The van der Waals surface area contributed by atoms with E-state index in [1.54, 1.807) is 12.4 Å². The van der Waals surface area contributed by atoms with Gasteiger partial charge in [-0.3, -0.25) is 0 Å². The van der Waals surface area contributed by atoms with E-state index in [-0.39, 0.29) is 12.5 Å². The van der Waals surface area contributed by atoms with Crippen molar-refractivity contribution in [1.29, 1.82) is 0 Å². The summed E-state index contributed by atoms with van der Waals surface area (Å²) in [6.07, 6.45) is 1.46. The first-order valence-corrected chi connectivity index (χ1v) is 5.76. The van der Waals surface area contributed by atoms with Crippen LogP contribution in [0.5, 0.6) is 0 Å². The molecule has 2 rings (SSSR count). The average molecular weight is 247 g/mol. The van der Waals surface area contributed by atoms with Gasteiger partial charge in [0, 0.05) is 31.9 Å². The Morgan fingerprint density at radius 3 is 2.82 bits per heavy atom. The summed E-state index contributed by atoms with van der Waals surface area (Å²) in [7, 11) is 1.85. The van der Waals surface area contributed by atoms with Gasteiger partial charge in [0.15, 0.2) is 0 Å². The van der Waals surface area contributed by atoms with E-state index in [9.17, 15) is 13.2 Å². The van der Waals surface area contributed by atoms with Crippen molar-refractivity contribution in [3.63, 3.8) is 0 Å². The summed E-state index contributed by atoms with van der Waals surface area (Å²) in [6.45, 7) is 0. The van der Waals surface area contributed by atoms with Crippen LogP contribution in [0.15, 0.2) is 12.4 Å². The molecule has 1 aliphatic heterocycles. The second kappa shape index (κ2) is 4.68. The molecule has 0 aliphatic carbocycles. The summed E-state index contributed by atoms with van der Waals surface area (Å²) in [5, 5.41) is 2.68. The van der Waals surface area contributed by atoms with Gasteiger partial charge in [-0.05, 0) is 19.3 Å². The van der Waals surface area contributed by atoms with E-state index in [1.165, 1.54) is 0 Å². The zero-order valence-electron chi connectivity index (χ0n) is 9.67. The molecule has 0 radical (unpaired) electrons. The van der Waals surface area contributed by atoms with E-state index in [0.717, 1.165) is 12.2 Å². The molecule has 1 N–H and O–H groups in total. The number of aromatic nitrogens is 2. The smallest absolute Gasteiger partial charge is 0.338 e. The van der Waals surface area contributed by atoms with Gasteiger partial charge in [-0.1, -0.05) is 0 Å². The van der Waals surface area contributed by atoms with Crippen molar-refractivity contribution < 1.29 is 13.2 Å². The summed E-state index contributed by atoms with van der Waals surface area (Å²) >= 11 is 0. The Morgan fingerprint density at radius 1 is 1.47 bits per heavy atom. The van der Waals surface area contributed by atoms with Gasteiger partial charge in [0.2, 0.25) is 0 Å². The molecule has 0 aromatic carbocycles. The quantitative estimate of drug-likeness (QED) is 0.866. The van der Waals surface area contributed by atoms with Crippen LogP contribution in [-0.2, 0) is 13.5 Å². The largest absolute Gasteiger partial charge is 0.403 e. The lowest BCUT2D eigenvalue weighted by Gasteiger charge is -2.32. The van der Waals surface area contributed by atoms with E-state index < -0.39 is 12.2 Å². The Morgan fingerprint density at radius 2 is 2.24 bits per heavy atom. The fourth-order valence-corrected chi connectivity index (χ4v) is 2.25. The lowest BCUT2D eigenvalue weighted by atomic mass is 9.96. The Hall–Kier alpha value is -1.04. The maximum Gasteiger partial charge on any atom is 0.403 e. The number of aryl methyl sites for hydroxylation is 1. The summed E-state index contributed by atoms with van der Waals surface area (Å²) in [5.41, 5.74) is 0. The van der Waals surface area contributed by atoms with Crippen molar-refractivity contribution in [3.8, 4) is 0 Å². The van der Waals surface area contributed by atoms with E-state index in [2.05, 4.69) is 10.3 Å². The van der Waals surface area contributed by atoms with E-state index in [0.29, 0.717) is 12.8 Å². The molecule has 1 aliphatic rings. The number of rotatable bonds is 2. The molecule has 0 spiro atoms. The van der Waals surface area contributed by atoms with Crippen molar-refractivity contribution in [2.45, 2.75) is 43.9 Å². The molecule has 3 nitrogen and oxygen atoms in total. The molecular formula is C11H16F3N3. The molecule has 1 aromatic rings. The van der Waals surface area contributed by atoms with E-state index in [4.69, 9.17) is 0 Å². The SMILES string of the molecule is Cn1ccnc1CC1CCCC(C(F)(F)F)N1. The fraction of sp³-hybridized carbons (Fsp3) is 0.727. The standard InChI is InChI=1S/C11H16F3N3/c1-17-6-5-15-10(17)7-8-3-2-4-9(16-8)11(12,13)14/h5-6,8-9,16H,2-4,7H2,1H3. The molecule has 0 bridgehead atoms. The van der Waals surface area contributed by atoms with Gasteiger partial charge in [-0.15, -0.1) is 0 Å². The molecule has 0 saturated carbocycles. The highest BCUT2D eigenvalue weighted by atomic mass is 19.4. The molecule has 0 amide bonds. The number of hydrogen-bond acceptors (Lipinski definition) is 2. The third-order valence-corrected chi connectivity index (χ3v) is 3.23. The number of nitrogens with one attached hydrogen (secondary N) is 1. The monoisotopic (exact) mass is 247 g/mol. The van der Waals surface area contributed by atoms with Gasteiger partial charge in [-0.2, -0.15) is 13.2 Å². The lowest BCUT2D eigenvalue weighted by molar-refractivity contribution is -0.163. The Kier molecular flexibility index (Phi) is 3.42. The highest BCUT2D eigenvalue weighted by Gasteiger charge is 2.42. The summed E-state index contributed by atoms with van der Waals surface area (Å²) < 4.78 is 39.6. The van der Waals surface area contributed by atoms with Crippen molar-refractivity contribution in [2.24, 2.45) is 7.05 Å². The van der Waals surface area contributed by atoms with Crippen molar-refractivity contribution in [1.82, 2.24) is 14.9 Å². The third-order valence-electron chi connectivity index (χ3n) is 3.23. The number of hydrogen-bond donors (Lipinski definition) is 1. The predicted molar refractivity (Wildman–Crippen MR) is 57.5 cm³/mol. The third kappa shape index (κ3) is 3.00. The number of nitrogens with zero attached hydrogens (tertiary/aromatic N) is 2. The van der Waals surface area contributed by atoms with Gasteiger partial charge in [-0.25, -0.2) is 4.98 Å². The number of halogens is 3. The van der Waals surface area contributed by atoms with E-state index in [1.807, 2.05) is 11.6 Å². The first-order valence-electron chi connectivity index (χ1n) is 5.76. The topological polar surface area (TPSA) is 29.9 Å². The lowest BCUT2D eigenvalue weighted by Crippen LogP contribution is -2.51. The number of piperidine rings is 1. The highest BCUT2D eigenvalue weighted by molar-refractivity contribution is 4.97. The van der Waals surface area contributed by atoms with Gasteiger partial charge in [0.25, 0.3) is 0 Å². The minimum atomic E-state index is -4.14. The van der Waals surface area contributed by atoms with Crippen molar-refractivity contribution in [2.75, 3.05) is 0 Å². The molecular weight excluding hydrogens is 231 g/mol. The molecule has 1 saturated heterocycles. The van der Waals surface area contributed by atoms with Gasteiger partial charge in [0.05, 0.1) is 0 Å². The first kappa shape index (κ1) is 12.4. The normalized spacial score (nSPS) is 26.1. The van der Waals surface area contributed by atoms with Crippen LogP contribution in [0, 0.1) is 0 Å². The van der Waals surface area contributed by atoms with Crippen LogP contribution in [0.2, 0.25) is 0 Å². The summed E-state index contributed by atoms with van der Waals surface area (Å²) in [4.78, 5) is 4.14. The van der Waals surface area contributed by atoms with Crippen LogP contribution >= 0.6 is 0 Å². The molecule has 2 atom stereocenters. The number of imidazole rings is 1.